The molecule has 0 saturated carbocycles. The van der Waals surface area contributed by atoms with Crippen LogP contribution in [0.25, 0.3) is 0 Å². The number of Topliss-reactive ketones (excluding diaryl/α,β-unsaturated/α-hetero) is 1. The van der Waals surface area contributed by atoms with Crippen LogP contribution in [0.4, 0.5) is 0 Å². The van der Waals surface area contributed by atoms with Crippen molar-refractivity contribution in [2.75, 3.05) is 19.8 Å². The summed E-state index contributed by atoms with van der Waals surface area (Å²) in [7, 11) is 0. The van der Waals surface area contributed by atoms with Crippen LogP contribution >= 0.6 is 0 Å². The molecule has 11 heteroatoms. The third kappa shape index (κ3) is 12.1. The Hall–Kier alpha value is -5.32. The van der Waals surface area contributed by atoms with Crippen molar-refractivity contribution in [1.82, 2.24) is 0 Å². The summed E-state index contributed by atoms with van der Waals surface area (Å²) in [6.45, 7) is 4.99. The SMILES string of the molecule is CCC(COC(=O)Cc1ccccc1CC(C)=O)(COC(=O)Cc1ccccc1OC(C)=O)COC(=O)Cc1ccccc1OC(C)=O. The fourth-order valence-corrected chi connectivity index (χ4v) is 4.73. The molecule has 0 aliphatic carbocycles. The standard InChI is InChI=1S/C37H40O11/c1-5-37(22-44-34(41)19-29-13-7-6-12-28(29)18-25(2)38,23-45-35(42)20-30-14-8-10-16-32(30)47-26(3)39)24-46-36(43)21-31-15-9-11-17-33(31)48-27(4)40/h6-17H,5,18-24H2,1-4H3. The van der Waals surface area contributed by atoms with Crippen molar-refractivity contribution in [1.29, 1.82) is 0 Å². The summed E-state index contributed by atoms with van der Waals surface area (Å²) in [4.78, 5) is 73.7. The van der Waals surface area contributed by atoms with Gasteiger partial charge in [-0.1, -0.05) is 67.6 Å². The maximum atomic E-state index is 13.0. The van der Waals surface area contributed by atoms with Gasteiger partial charge in [0.1, 0.15) is 37.1 Å². The molecule has 0 N–H and O–H groups in total. The quantitative estimate of drug-likeness (QED) is 0.112. The number of ether oxygens (including phenoxy) is 5. The van der Waals surface area contributed by atoms with E-state index in [0.29, 0.717) is 16.7 Å². The van der Waals surface area contributed by atoms with E-state index in [1.54, 1.807) is 79.7 Å². The molecule has 0 fully saturated rings. The second-order valence-electron chi connectivity index (χ2n) is 11.4. The van der Waals surface area contributed by atoms with Crippen LogP contribution in [0.15, 0.2) is 72.8 Å². The fraction of sp³-hybridized carbons (Fsp3) is 0.351. The summed E-state index contributed by atoms with van der Waals surface area (Å²) in [6, 6.07) is 20.2. The topological polar surface area (TPSA) is 149 Å². The van der Waals surface area contributed by atoms with Crippen LogP contribution in [0.5, 0.6) is 11.5 Å². The van der Waals surface area contributed by atoms with Crippen molar-refractivity contribution in [3.8, 4) is 11.5 Å². The average molecular weight is 661 g/mol. The van der Waals surface area contributed by atoms with Crippen molar-refractivity contribution >= 4 is 35.6 Å². The maximum absolute atomic E-state index is 13.0. The van der Waals surface area contributed by atoms with Crippen molar-refractivity contribution < 1.29 is 52.5 Å². The number of ketones is 1. The summed E-state index contributed by atoms with van der Waals surface area (Å²) in [5.41, 5.74) is 1.12. The van der Waals surface area contributed by atoms with Gasteiger partial charge in [-0.3, -0.25) is 28.8 Å². The molecule has 0 unspecified atom stereocenters. The Kier molecular flexibility index (Phi) is 14.0. The lowest BCUT2D eigenvalue weighted by molar-refractivity contribution is -0.161. The minimum Gasteiger partial charge on any atom is -0.465 e. The summed E-state index contributed by atoms with van der Waals surface area (Å²) in [5, 5.41) is 0. The molecule has 0 aliphatic rings. The molecule has 0 bridgehead atoms. The number of hydrogen-bond donors (Lipinski definition) is 0. The zero-order chi connectivity index (χ0) is 35.1. The molecule has 48 heavy (non-hydrogen) atoms. The lowest BCUT2D eigenvalue weighted by atomic mass is 9.88. The van der Waals surface area contributed by atoms with E-state index in [1.807, 2.05) is 0 Å². The van der Waals surface area contributed by atoms with Gasteiger partial charge in [0.25, 0.3) is 0 Å². The minimum atomic E-state index is -1.12. The van der Waals surface area contributed by atoms with Crippen molar-refractivity contribution in [3.63, 3.8) is 0 Å². The molecule has 0 saturated heterocycles. The molecular formula is C37H40O11. The molecule has 254 valence electrons. The number of carbonyl (C=O) groups is 6. The van der Waals surface area contributed by atoms with Gasteiger partial charge in [-0.2, -0.15) is 0 Å². The zero-order valence-corrected chi connectivity index (χ0v) is 27.6. The number of esters is 5. The van der Waals surface area contributed by atoms with Gasteiger partial charge in [0.2, 0.25) is 0 Å². The largest absolute Gasteiger partial charge is 0.465 e. The average Bonchev–Trinajstić information content (AvgIpc) is 3.03. The van der Waals surface area contributed by atoms with Gasteiger partial charge in [-0.25, -0.2) is 0 Å². The Balaban J connectivity index is 1.75. The number of hydrogen-bond acceptors (Lipinski definition) is 11. The fourth-order valence-electron chi connectivity index (χ4n) is 4.73. The Bertz CT molecular complexity index is 1440. The number of benzene rings is 3. The molecule has 0 atom stereocenters. The summed E-state index contributed by atoms with van der Waals surface area (Å²) in [6.07, 6.45) is -0.0423. The molecule has 3 rings (SSSR count). The highest BCUT2D eigenvalue weighted by molar-refractivity contribution is 5.80. The van der Waals surface area contributed by atoms with E-state index in [0.717, 1.165) is 5.56 Å². The van der Waals surface area contributed by atoms with Gasteiger partial charge < -0.3 is 23.7 Å². The highest BCUT2D eigenvalue weighted by Crippen LogP contribution is 2.27. The van der Waals surface area contributed by atoms with Gasteiger partial charge in [0.05, 0.1) is 24.7 Å². The third-order valence-corrected chi connectivity index (χ3v) is 7.38. The molecule has 0 aliphatic heterocycles. The molecule has 0 amide bonds. The Morgan fingerprint density at radius 3 is 1.19 bits per heavy atom. The van der Waals surface area contributed by atoms with Gasteiger partial charge in [0, 0.05) is 31.4 Å². The highest BCUT2D eigenvalue weighted by Gasteiger charge is 2.34. The van der Waals surface area contributed by atoms with Crippen LogP contribution in [-0.4, -0.2) is 55.5 Å². The van der Waals surface area contributed by atoms with Crippen LogP contribution in [0, 0.1) is 5.41 Å². The monoisotopic (exact) mass is 660 g/mol. The van der Waals surface area contributed by atoms with Gasteiger partial charge in [-0.05, 0) is 36.6 Å². The Labute approximate surface area is 279 Å². The van der Waals surface area contributed by atoms with E-state index >= 15 is 0 Å². The van der Waals surface area contributed by atoms with Crippen LogP contribution in [0.2, 0.25) is 0 Å². The summed E-state index contributed by atoms with van der Waals surface area (Å²) >= 11 is 0. The normalized spacial score (nSPS) is 10.8. The molecule has 11 nitrogen and oxygen atoms in total. The molecular weight excluding hydrogens is 620 g/mol. The Morgan fingerprint density at radius 1 is 0.500 bits per heavy atom. The van der Waals surface area contributed by atoms with E-state index in [1.165, 1.54) is 20.8 Å². The lowest BCUT2D eigenvalue weighted by Crippen LogP contribution is -2.39. The van der Waals surface area contributed by atoms with Crippen LogP contribution in [0.3, 0.4) is 0 Å². The van der Waals surface area contributed by atoms with Crippen LogP contribution < -0.4 is 9.47 Å². The van der Waals surface area contributed by atoms with E-state index in [4.69, 9.17) is 23.7 Å². The molecule has 0 spiro atoms. The van der Waals surface area contributed by atoms with E-state index in [-0.39, 0.29) is 69.2 Å². The third-order valence-electron chi connectivity index (χ3n) is 7.38. The van der Waals surface area contributed by atoms with Crippen molar-refractivity contribution in [2.45, 2.75) is 59.8 Å². The van der Waals surface area contributed by atoms with E-state index < -0.39 is 35.3 Å². The van der Waals surface area contributed by atoms with Gasteiger partial charge in [-0.15, -0.1) is 0 Å². The zero-order valence-electron chi connectivity index (χ0n) is 27.6. The minimum absolute atomic E-state index is 0.0459. The van der Waals surface area contributed by atoms with Crippen LogP contribution in [0.1, 0.15) is 56.4 Å². The molecule has 0 radical (unpaired) electrons. The molecule has 3 aromatic carbocycles. The predicted molar refractivity (Wildman–Crippen MR) is 173 cm³/mol. The first kappa shape index (κ1) is 37.1. The first-order valence-electron chi connectivity index (χ1n) is 15.5. The molecule has 0 heterocycles. The van der Waals surface area contributed by atoms with Crippen LogP contribution in [-0.2, 0) is 68.7 Å². The highest BCUT2D eigenvalue weighted by atomic mass is 16.6. The van der Waals surface area contributed by atoms with Crippen molar-refractivity contribution in [2.24, 2.45) is 5.41 Å². The lowest BCUT2D eigenvalue weighted by Gasteiger charge is -2.31. The Morgan fingerprint density at radius 2 is 0.833 bits per heavy atom. The second kappa shape index (κ2) is 18.1. The maximum Gasteiger partial charge on any atom is 0.310 e. The summed E-state index contributed by atoms with van der Waals surface area (Å²) in [5.74, 6) is -2.52. The van der Waals surface area contributed by atoms with E-state index in [2.05, 4.69) is 0 Å². The number of rotatable bonds is 17. The van der Waals surface area contributed by atoms with E-state index in [9.17, 15) is 28.8 Å². The number of para-hydroxylation sites is 2. The van der Waals surface area contributed by atoms with Gasteiger partial charge >= 0.3 is 29.8 Å². The first-order valence-corrected chi connectivity index (χ1v) is 15.5. The number of carbonyl (C=O) groups excluding carboxylic acids is 6. The molecule has 3 aromatic rings. The predicted octanol–water partition coefficient (Wildman–Crippen LogP) is 4.72. The smallest absolute Gasteiger partial charge is 0.310 e. The second-order valence-corrected chi connectivity index (χ2v) is 11.4. The van der Waals surface area contributed by atoms with Gasteiger partial charge in [0.15, 0.2) is 0 Å². The summed E-state index contributed by atoms with van der Waals surface area (Å²) < 4.78 is 27.3. The van der Waals surface area contributed by atoms with Crippen molar-refractivity contribution in [3.05, 3.63) is 95.1 Å². The first-order chi connectivity index (χ1) is 22.9. The molecule has 0 aromatic heterocycles.